The van der Waals surface area contributed by atoms with Crippen molar-refractivity contribution in [3.63, 3.8) is 0 Å². The van der Waals surface area contributed by atoms with Gasteiger partial charge in [-0.25, -0.2) is 8.42 Å². The maximum absolute atomic E-state index is 12.3. The van der Waals surface area contributed by atoms with Crippen molar-refractivity contribution in [1.29, 1.82) is 0 Å². The first-order valence-electron chi connectivity index (χ1n) is 11.1. The molecule has 1 aromatic rings. The van der Waals surface area contributed by atoms with E-state index in [-0.39, 0.29) is 35.9 Å². The fourth-order valence-corrected chi connectivity index (χ4v) is 6.57. The average Bonchev–Trinajstić information content (AvgIpc) is 3.06. The molecule has 1 heterocycles. The number of hydrogen-bond donors (Lipinski definition) is 2. The summed E-state index contributed by atoms with van der Waals surface area (Å²) in [6.07, 6.45) is 7.29. The summed E-state index contributed by atoms with van der Waals surface area (Å²) >= 11 is 0. The van der Waals surface area contributed by atoms with Crippen LogP contribution in [0.15, 0.2) is 24.3 Å². The van der Waals surface area contributed by atoms with Gasteiger partial charge in [0.05, 0.1) is 18.1 Å². The highest BCUT2D eigenvalue weighted by atomic mass is 32.2. The van der Waals surface area contributed by atoms with Crippen molar-refractivity contribution in [2.75, 3.05) is 24.6 Å². The number of benzene rings is 1. The van der Waals surface area contributed by atoms with Gasteiger partial charge in [-0.3, -0.25) is 4.79 Å². The van der Waals surface area contributed by atoms with Crippen molar-refractivity contribution in [3.8, 4) is 0 Å². The molecule has 1 saturated carbocycles. The Hall–Kier alpha value is -1.40. The highest BCUT2D eigenvalue weighted by Crippen LogP contribution is 2.33. The summed E-state index contributed by atoms with van der Waals surface area (Å²) in [5, 5.41) is 6.29. The molecule has 2 atom stereocenters. The molecule has 0 bridgehead atoms. The van der Waals surface area contributed by atoms with Crippen LogP contribution in [0.5, 0.6) is 0 Å². The van der Waals surface area contributed by atoms with Crippen LogP contribution in [0.2, 0.25) is 0 Å². The van der Waals surface area contributed by atoms with Crippen LogP contribution in [-0.4, -0.2) is 38.9 Å². The van der Waals surface area contributed by atoms with E-state index in [1.807, 2.05) is 0 Å². The molecule has 162 valence electrons. The fourth-order valence-electron chi connectivity index (χ4n) is 4.71. The molecular weight excluding hydrogens is 384 g/mol. The Morgan fingerprint density at radius 1 is 1.07 bits per heavy atom. The van der Waals surface area contributed by atoms with Crippen LogP contribution in [0.25, 0.3) is 0 Å². The Kier molecular flexibility index (Phi) is 7.74. The number of nitrogens with one attached hydrogen (secondary N) is 2. The number of hydrogen-bond acceptors (Lipinski definition) is 4. The minimum absolute atomic E-state index is 0.0529. The summed E-state index contributed by atoms with van der Waals surface area (Å²) in [4.78, 5) is 12.3. The first-order chi connectivity index (χ1) is 13.8. The van der Waals surface area contributed by atoms with Gasteiger partial charge in [-0.15, -0.1) is 0 Å². The fraction of sp³-hybridized carbons (Fsp3) is 0.696. The molecule has 6 heteroatoms. The predicted octanol–water partition coefficient (Wildman–Crippen LogP) is 3.57. The zero-order valence-electron chi connectivity index (χ0n) is 17.8. The largest absolute Gasteiger partial charge is 0.355 e. The van der Waals surface area contributed by atoms with Crippen molar-refractivity contribution < 1.29 is 13.2 Å². The second-order valence-electron chi connectivity index (χ2n) is 9.18. The molecule has 1 aliphatic carbocycles. The molecule has 0 spiro atoms. The van der Waals surface area contributed by atoms with E-state index in [0.29, 0.717) is 24.8 Å². The minimum Gasteiger partial charge on any atom is -0.355 e. The van der Waals surface area contributed by atoms with Gasteiger partial charge < -0.3 is 10.6 Å². The molecule has 2 aliphatic rings. The highest BCUT2D eigenvalue weighted by molar-refractivity contribution is 7.91. The smallest absolute Gasteiger partial charge is 0.233 e. The molecule has 2 unspecified atom stereocenters. The molecule has 1 saturated heterocycles. The van der Waals surface area contributed by atoms with E-state index in [0.717, 1.165) is 0 Å². The summed E-state index contributed by atoms with van der Waals surface area (Å²) in [5.74, 6) is 1.49. The van der Waals surface area contributed by atoms with Gasteiger partial charge in [-0.1, -0.05) is 57.4 Å². The van der Waals surface area contributed by atoms with Crippen molar-refractivity contribution in [3.05, 3.63) is 35.4 Å². The van der Waals surface area contributed by atoms with E-state index < -0.39 is 9.84 Å². The van der Waals surface area contributed by atoms with Crippen LogP contribution in [0.3, 0.4) is 0 Å². The molecule has 0 radical (unpaired) electrons. The maximum Gasteiger partial charge on any atom is 0.233 e. The van der Waals surface area contributed by atoms with Crippen LogP contribution in [-0.2, 0) is 14.6 Å². The lowest BCUT2D eigenvalue weighted by Gasteiger charge is -2.25. The standard InChI is InChI=1S/C23H36N2O3S/c1-17(2)23(21-10-8-20(9-11-21)19-6-4-3-5-7-19)25-15-22(26)24-14-18-12-13-29(27,28)16-18/h8-11,17-19,23,25H,3-7,12-16H2,1-2H3,(H,24,26). The van der Waals surface area contributed by atoms with Gasteiger partial charge in [-0.05, 0) is 48.1 Å². The second kappa shape index (κ2) is 10.1. The van der Waals surface area contributed by atoms with Gasteiger partial charge in [0.2, 0.25) is 5.91 Å². The highest BCUT2D eigenvalue weighted by Gasteiger charge is 2.28. The van der Waals surface area contributed by atoms with Gasteiger partial charge >= 0.3 is 0 Å². The Morgan fingerprint density at radius 3 is 2.34 bits per heavy atom. The number of sulfone groups is 1. The number of carbonyl (C=O) groups is 1. The van der Waals surface area contributed by atoms with E-state index in [1.54, 1.807) is 0 Å². The van der Waals surface area contributed by atoms with E-state index in [4.69, 9.17) is 0 Å². The summed E-state index contributed by atoms with van der Waals surface area (Å²) in [5.41, 5.74) is 2.66. The van der Waals surface area contributed by atoms with Gasteiger partial charge in [0.15, 0.2) is 9.84 Å². The first-order valence-corrected chi connectivity index (χ1v) is 13.0. The molecule has 2 fully saturated rings. The van der Waals surface area contributed by atoms with Crippen molar-refractivity contribution in [2.45, 2.75) is 64.3 Å². The molecule has 5 nitrogen and oxygen atoms in total. The van der Waals surface area contributed by atoms with Crippen molar-refractivity contribution >= 4 is 15.7 Å². The maximum atomic E-state index is 12.3. The summed E-state index contributed by atoms with van der Waals surface area (Å²) in [6.45, 7) is 5.01. The van der Waals surface area contributed by atoms with Crippen LogP contribution >= 0.6 is 0 Å². The SMILES string of the molecule is CC(C)C(NCC(=O)NCC1CCS(=O)(=O)C1)c1ccc(C2CCCCC2)cc1. The lowest BCUT2D eigenvalue weighted by Crippen LogP contribution is -2.39. The van der Waals surface area contributed by atoms with Gasteiger partial charge in [0.25, 0.3) is 0 Å². The minimum atomic E-state index is -2.90. The normalized spacial score (nSPS) is 23.2. The Labute approximate surface area is 176 Å². The summed E-state index contributed by atoms with van der Waals surface area (Å²) in [7, 11) is -2.90. The van der Waals surface area contributed by atoms with Gasteiger partial charge in [0, 0.05) is 12.6 Å². The quantitative estimate of drug-likeness (QED) is 0.674. The molecule has 29 heavy (non-hydrogen) atoms. The number of carbonyl (C=O) groups excluding carboxylic acids is 1. The van der Waals surface area contributed by atoms with Crippen LogP contribution in [0, 0.1) is 11.8 Å². The monoisotopic (exact) mass is 420 g/mol. The topological polar surface area (TPSA) is 75.3 Å². The lowest BCUT2D eigenvalue weighted by atomic mass is 9.83. The molecular formula is C23H36N2O3S. The third-order valence-corrected chi connectivity index (χ3v) is 8.27. The predicted molar refractivity (Wildman–Crippen MR) is 118 cm³/mol. The average molecular weight is 421 g/mol. The van der Waals surface area contributed by atoms with Gasteiger partial charge in [0.1, 0.15) is 0 Å². The van der Waals surface area contributed by atoms with Crippen molar-refractivity contribution in [2.24, 2.45) is 11.8 Å². The molecule has 1 aromatic carbocycles. The van der Waals surface area contributed by atoms with Crippen molar-refractivity contribution in [1.82, 2.24) is 10.6 Å². The zero-order valence-corrected chi connectivity index (χ0v) is 18.6. The van der Waals surface area contributed by atoms with Crippen LogP contribution < -0.4 is 10.6 Å². The third-order valence-electron chi connectivity index (χ3n) is 6.44. The van der Waals surface area contributed by atoms with Gasteiger partial charge in [-0.2, -0.15) is 0 Å². The second-order valence-corrected chi connectivity index (χ2v) is 11.4. The Balaban J connectivity index is 1.49. The van der Waals surface area contributed by atoms with E-state index >= 15 is 0 Å². The number of amides is 1. The molecule has 0 aromatic heterocycles. The molecule has 1 aliphatic heterocycles. The summed E-state index contributed by atoms with van der Waals surface area (Å²) < 4.78 is 23.1. The first kappa shape index (κ1) is 22.3. The molecule has 3 rings (SSSR count). The molecule has 2 N–H and O–H groups in total. The van der Waals surface area contributed by atoms with E-state index in [9.17, 15) is 13.2 Å². The number of rotatable bonds is 8. The van der Waals surface area contributed by atoms with E-state index in [2.05, 4.69) is 48.7 Å². The lowest BCUT2D eigenvalue weighted by molar-refractivity contribution is -0.120. The molecule has 1 amide bonds. The third kappa shape index (κ3) is 6.54. The Bertz CT molecular complexity index is 768. The Morgan fingerprint density at radius 2 is 1.76 bits per heavy atom. The van der Waals surface area contributed by atoms with Crippen LogP contribution in [0.4, 0.5) is 0 Å². The van der Waals surface area contributed by atoms with E-state index in [1.165, 1.54) is 43.2 Å². The van der Waals surface area contributed by atoms with Crippen LogP contribution in [0.1, 0.15) is 75.5 Å². The zero-order chi connectivity index (χ0) is 20.9. The summed E-state index contributed by atoms with van der Waals surface area (Å²) in [6, 6.07) is 9.07.